The highest BCUT2D eigenvalue weighted by Crippen LogP contribution is 2.12. The molecule has 0 saturated carbocycles. The van der Waals surface area contributed by atoms with Crippen LogP contribution in [0.15, 0.2) is 36.0 Å². The van der Waals surface area contributed by atoms with Crippen LogP contribution in [0, 0.1) is 0 Å². The maximum atomic E-state index is 11.8. The Labute approximate surface area is 103 Å². The van der Waals surface area contributed by atoms with Crippen molar-refractivity contribution in [1.82, 2.24) is 10.6 Å². The lowest BCUT2D eigenvalue weighted by atomic mass is 10.1. The molecule has 18 heavy (non-hydrogen) atoms. The Bertz CT molecular complexity index is 546. The first-order valence-electron chi connectivity index (χ1n) is 5.12. The number of ether oxygens (including phenoxy) is 1. The number of ketones is 1. The van der Waals surface area contributed by atoms with Gasteiger partial charge in [0.15, 0.2) is 5.78 Å². The summed E-state index contributed by atoms with van der Waals surface area (Å²) in [6, 6.07) is 5.80. The van der Waals surface area contributed by atoms with Crippen LogP contribution in [0.2, 0.25) is 0 Å². The van der Waals surface area contributed by atoms with Crippen molar-refractivity contribution in [3.8, 4) is 5.75 Å². The SMILES string of the molecule is COc1ccc(C(=O)/C=C2\NC(=O)NC2=O)cc1. The van der Waals surface area contributed by atoms with Gasteiger partial charge in [-0.1, -0.05) is 0 Å². The average Bonchev–Trinajstić information content (AvgIpc) is 2.68. The molecule has 1 aromatic carbocycles. The largest absolute Gasteiger partial charge is 0.497 e. The van der Waals surface area contributed by atoms with Crippen molar-refractivity contribution in [1.29, 1.82) is 0 Å². The van der Waals surface area contributed by atoms with Gasteiger partial charge in [0.2, 0.25) is 0 Å². The van der Waals surface area contributed by atoms with E-state index in [-0.39, 0.29) is 11.5 Å². The zero-order valence-electron chi connectivity index (χ0n) is 9.52. The van der Waals surface area contributed by atoms with Gasteiger partial charge in [-0.2, -0.15) is 0 Å². The van der Waals surface area contributed by atoms with E-state index in [2.05, 4.69) is 5.32 Å². The maximum absolute atomic E-state index is 11.8. The quantitative estimate of drug-likeness (QED) is 0.464. The maximum Gasteiger partial charge on any atom is 0.326 e. The van der Waals surface area contributed by atoms with Crippen LogP contribution in [-0.4, -0.2) is 24.8 Å². The van der Waals surface area contributed by atoms with Crippen molar-refractivity contribution in [3.05, 3.63) is 41.6 Å². The lowest BCUT2D eigenvalue weighted by Gasteiger charge is -2.00. The molecule has 6 nitrogen and oxygen atoms in total. The van der Waals surface area contributed by atoms with E-state index in [0.717, 1.165) is 6.08 Å². The van der Waals surface area contributed by atoms with Crippen molar-refractivity contribution in [2.45, 2.75) is 0 Å². The molecule has 2 N–H and O–H groups in total. The Hall–Kier alpha value is -2.63. The van der Waals surface area contributed by atoms with Crippen LogP contribution in [0.25, 0.3) is 0 Å². The zero-order valence-corrected chi connectivity index (χ0v) is 9.52. The minimum absolute atomic E-state index is 0.0548. The van der Waals surface area contributed by atoms with Crippen LogP contribution < -0.4 is 15.4 Å². The summed E-state index contributed by atoms with van der Waals surface area (Å²) in [6.07, 6.45) is 1.09. The molecule has 92 valence electrons. The molecule has 1 heterocycles. The van der Waals surface area contributed by atoms with Gasteiger partial charge in [-0.3, -0.25) is 14.9 Å². The molecule has 0 spiro atoms. The molecule has 1 saturated heterocycles. The number of benzene rings is 1. The number of hydrogen-bond donors (Lipinski definition) is 2. The summed E-state index contributed by atoms with van der Waals surface area (Å²) < 4.78 is 4.97. The van der Waals surface area contributed by atoms with Gasteiger partial charge in [0.05, 0.1) is 7.11 Å². The van der Waals surface area contributed by atoms with Gasteiger partial charge in [0.1, 0.15) is 11.4 Å². The first kappa shape index (κ1) is 11.8. The van der Waals surface area contributed by atoms with E-state index >= 15 is 0 Å². The average molecular weight is 246 g/mol. The first-order valence-corrected chi connectivity index (χ1v) is 5.12. The standard InChI is InChI=1S/C12H10N2O4/c1-18-8-4-2-7(3-5-8)10(15)6-9-11(16)14-12(17)13-9/h2-6H,1H3,(H2,13,14,16,17)/b9-6-. The number of carbonyl (C=O) groups is 3. The van der Waals surface area contributed by atoms with Crippen molar-refractivity contribution in [3.63, 3.8) is 0 Å². The van der Waals surface area contributed by atoms with Crippen molar-refractivity contribution in [2.75, 3.05) is 7.11 Å². The summed E-state index contributed by atoms with van der Waals surface area (Å²) in [5.74, 6) is -0.349. The fraction of sp³-hybridized carbons (Fsp3) is 0.0833. The fourth-order valence-electron chi connectivity index (χ4n) is 1.45. The summed E-state index contributed by atoms with van der Waals surface area (Å²) in [7, 11) is 1.53. The zero-order chi connectivity index (χ0) is 13.1. The van der Waals surface area contributed by atoms with E-state index in [1.807, 2.05) is 5.32 Å². The molecular formula is C12H10N2O4. The highest BCUT2D eigenvalue weighted by atomic mass is 16.5. The van der Waals surface area contributed by atoms with Gasteiger partial charge >= 0.3 is 6.03 Å². The number of rotatable bonds is 3. The fourth-order valence-corrected chi connectivity index (χ4v) is 1.45. The molecule has 1 fully saturated rings. The lowest BCUT2D eigenvalue weighted by Crippen LogP contribution is -2.22. The van der Waals surface area contributed by atoms with Gasteiger partial charge in [-0.25, -0.2) is 4.79 Å². The molecule has 0 aromatic heterocycles. The molecule has 2 rings (SSSR count). The molecule has 0 atom stereocenters. The second kappa shape index (κ2) is 4.70. The molecule has 1 aliphatic heterocycles. The Morgan fingerprint density at radius 3 is 2.33 bits per heavy atom. The molecule has 0 aliphatic carbocycles. The second-order valence-electron chi connectivity index (χ2n) is 3.56. The van der Waals surface area contributed by atoms with E-state index in [4.69, 9.17) is 4.74 Å². The van der Waals surface area contributed by atoms with Gasteiger partial charge in [0.25, 0.3) is 5.91 Å². The van der Waals surface area contributed by atoms with Crippen molar-refractivity contribution < 1.29 is 19.1 Å². The summed E-state index contributed by atoms with van der Waals surface area (Å²) in [5.41, 5.74) is 0.345. The predicted molar refractivity (Wildman–Crippen MR) is 62.1 cm³/mol. The third-order valence-electron chi connectivity index (χ3n) is 2.37. The van der Waals surface area contributed by atoms with Crippen LogP contribution in [0.1, 0.15) is 10.4 Å². The molecular weight excluding hydrogens is 236 g/mol. The molecule has 0 bridgehead atoms. The Morgan fingerprint density at radius 1 is 1.17 bits per heavy atom. The van der Waals surface area contributed by atoms with Gasteiger partial charge in [-0.05, 0) is 24.3 Å². The lowest BCUT2D eigenvalue weighted by molar-refractivity contribution is -0.115. The van der Waals surface area contributed by atoms with E-state index in [1.54, 1.807) is 24.3 Å². The summed E-state index contributed by atoms with van der Waals surface area (Å²) in [4.78, 5) is 33.9. The van der Waals surface area contributed by atoms with Crippen LogP contribution in [0.4, 0.5) is 4.79 Å². The monoisotopic (exact) mass is 246 g/mol. The number of amides is 3. The molecule has 6 heteroatoms. The highest BCUT2D eigenvalue weighted by molar-refractivity contribution is 6.16. The normalized spacial score (nSPS) is 16.4. The number of carbonyl (C=O) groups excluding carboxylic acids is 3. The molecule has 0 unspecified atom stereocenters. The van der Waals surface area contributed by atoms with E-state index in [0.29, 0.717) is 11.3 Å². The minimum Gasteiger partial charge on any atom is -0.497 e. The smallest absolute Gasteiger partial charge is 0.326 e. The molecule has 1 aromatic rings. The van der Waals surface area contributed by atoms with E-state index in [1.165, 1.54) is 7.11 Å². The summed E-state index contributed by atoms with van der Waals surface area (Å²) >= 11 is 0. The van der Waals surface area contributed by atoms with Gasteiger partial charge < -0.3 is 10.1 Å². The number of imide groups is 1. The van der Waals surface area contributed by atoms with Gasteiger partial charge in [0, 0.05) is 11.6 Å². The van der Waals surface area contributed by atoms with E-state index < -0.39 is 11.9 Å². The Balaban J connectivity index is 2.19. The highest BCUT2D eigenvalue weighted by Gasteiger charge is 2.23. The number of hydrogen-bond acceptors (Lipinski definition) is 4. The Morgan fingerprint density at radius 2 is 1.83 bits per heavy atom. The van der Waals surface area contributed by atoms with E-state index in [9.17, 15) is 14.4 Å². The van der Waals surface area contributed by atoms with Crippen LogP contribution in [0.5, 0.6) is 5.75 Å². The molecule has 1 aliphatic rings. The minimum atomic E-state index is -0.631. The van der Waals surface area contributed by atoms with Gasteiger partial charge in [-0.15, -0.1) is 0 Å². The van der Waals surface area contributed by atoms with Crippen LogP contribution in [0.3, 0.4) is 0 Å². The van der Waals surface area contributed by atoms with Crippen LogP contribution >= 0.6 is 0 Å². The van der Waals surface area contributed by atoms with Crippen LogP contribution in [-0.2, 0) is 4.79 Å². The number of allylic oxidation sites excluding steroid dienone is 1. The predicted octanol–water partition coefficient (Wildman–Crippen LogP) is 0.601. The number of methoxy groups -OCH3 is 1. The second-order valence-corrected chi connectivity index (χ2v) is 3.56. The summed E-state index contributed by atoms with van der Waals surface area (Å²) in [5, 5.41) is 4.26. The van der Waals surface area contributed by atoms with Crippen molar-refractivity contribution >= 4 is 17.7 Å². The third kappa shape index (κ3) is 2.37. The number of urea groups is 1. The molecule has 0 radical (unpaired) electrons. The first-order chi connectivity index (χ1) is 8.60. The Kier molecular flexibility index (Phi) is 3.09. The van der Waals surface area contributed by atoms with Crippen molar-refractivity contribution in [2.24, 2.45) is 0 Å². The topological polar surface area (TPSA) is 84.5 Å². The summed E-state index contributed by atoms with van der Waals surface area (Å²) in [6.45, 7) is 0. The third-order valence-corrected chi connectivity index (χ3v) is 2.37. The number of nitrogens with one attached hydrogen (secondary N) is 2. The molecule has 3 amide bonds.